The van der Waals surface area contributed by atoms with Gasteiger partial charge in [0.05, 0.1) is 5.52 Å². The number of carbonyl (C=O) groups excluding carboxylic acids is 1. The minimum Gasteiger partial charge on any atom is -0.309 e. The number of nitrogens with zero attached hydrogens (tertiary/aromatic N) is 3. The molecule has 6 heteroatoms. The average molecular weight is 426 g/mol. The van der Waals surface area contributed by atoms with E-state index in [-0.39, 0.29) is 5.91 Å². The Hall–Kier alpha value is -3.51. The maximum Gasteiger partial charge on any atom is 0.225 e. The molecule has 1 amide bonds. The number of hydrogen-bond acceptors (Lipinski definition) is 4. The van der Waals surface area contributed by atoms with E-state index in [2.05, 4.69) is 55.7 Å². The first-order valence-electron chi connectivity index (χ1n) is 11.2. The number of aromatic amines is 1. The van der Waals surface area contributed by atoms with Crippen molar-refractivity contribution in [2.75, 3.05) is 18.4 Å². The van der Waals surface area contributed by atoms with Crippen molar-refractivity contribution < 1.29 is 4.79 Å². The molecule has 0 atom stereocenters. The number of carbonyl (C=O) groups is 1. The fraction of sp³-hybridized carbons (Fsp3) is 0.269. The summed E-state index contributed by atoms with van der Waals surface area (Å²) in [6, 6.07) is 20.6. The van der Waals surface area contributed by atoms with E-state index in [9.17, 15) is 4.79 Å². The van der Waals surface area contributed by atoms with Gasteiger partial charge < -0.3 is 5.32 Å². The minimum absolute atomic E-state index is 0.0382. The van der Waals surface area contributed by atoms with Gasteiger partial charge in [-0.3, -0.25) is 19.8 Å². The Morgan fingerprint density at radius 1 is 1.03 bits per heavy atom. The molecule has 3 heterocycles. The molecular formula is C26H27N5O. The first-order chi connectivity index (χ1) is 15.7. The second kappa shape index (κ2) is 9.32. The van der Waals surface area contributed by atoms with Crippen molar-refractivity contribution in [3.05, 3.63) is 78.6 Å². The fourth-order valence-corrected chi connectivity index (χ4v) is 4.46. The smallest absolute Gasteiger partial charge is 0.225 e. The summed E-state index contributed by atoms with van der Waals surface area (Å²) in [5, 5.41) is 11.3. The van der Waals surface area contributed by atoms with Crippen LogP contribution >= 0.6 is 0 Å². The van der Waals surface area contributed by atoms with Crippen LogP contribution in [0.2, 0.25) is 0 Å². The summed E-state index contributed by atoms with van der Waals surface area (Å²) in [4.78, 5) is 19.4. The van der Waals surface area contributed by atoms with Gasteiger partial charge in [0.25, 0.3) is 0 Å². The highest BCUT2D eigenvalue weighted by molar-refractivity contribution is 6.00. The van der Waals surface area contributed by atoms with Gasteiger partial charge in [-0.25, -0.2) is 0 Å². The lowest BCUT2D eigenvalue weighted by Crippen LogP contribution is -2.34. The van der Waals surface area contributed by atoms with Crippen LogP contribution in [0, 0.1) is 5.92 Å². The Labute approximate surface area is 187 Å². The van der Waals surface area contributed by atoms with Crippen LogP contribution in [0.15, 0.2) is 73.1 Å². The minimum atomic E-state index is 0.0382. The molecule has 1 fully saturated rings. The van der Waals surface area contributed by atoms with E-state index in [0.717, 1.165) is 54.5 Å². The zero-order chi connectivity index (χ0) is 21.8. The van der Waals surface area contributed by atoms with E-state index >= 15 is 0 Å². The van der Waals surface area contributed by atoms with E-state index in [4.69, 9.17) is 0 Å². The van der Waals surface area contributed by atoms with Gasteiger partial charge >= 0.3 is 0 Å². The van der Waals surface area contributed by atoms with Crippen LogP contribution in [0.4, 0.5) is 5.82 Å². The first kappa shape index (κ1) is 20.4. The number of pyridine rings is 1. The predicted octanol–water partition coefficient (Wildman–Crippen LogP) is 4.87. The Balaban J connectivity index is 1.16. The molecule has 2 aromatic carbocycles. The molecule has 1 saturated heterocycles. The van der Waals surface area contributed by atoms with Crippen molar-refractivity contribution in [1.29, 1.82) is 0 Å². The molecule has 162 valence electrons. The second-order valence-corrected chi connectivity index (χ2v) is 8.53. The lowest BCUT2D eigenvalue weighted by atomic mass is 9.93. The summed E-state index contributed by atoms with van der Waals surface area (Å²) < 4.78 is 0. The van der Waals surface area contributed by atoms with Gasteiger partial charge in [0.1, 0.15) is 0 Å². The molecule has 0 radical (unpaired) electrons. The monoisotopic (exact) mass is 425 g/mol. The number of fused-ring (bicyclic) bond motifs is 1. The first-order valence-corrected chi connectivity index (χ1v) is 11.2. The zero-order valence-electron chi connectivity index (χ0n) is 18.0. The summed E-state index contributed by atoms with van der Waals surface area (Å²) in [6.45, 7) is 3.06. The largest absolute Gasteiger partial charge is 0.309 e. The number of H-pyrrole nitrogens is 1. The van der Waals surface area contributed by atoms with E-state index in [1.165, 1.54) is 5.56 Å². The number of aromatic nitrogens is 3. The van der Waals surface area contributed by atoms with Gasteiger partial charge in [-0.2, -0.15) is 5.10 Å². The topological polar surface area (TPSA) is 73.9 Å². The Bertz CT molecular complexity index is 1180. The van der Waals surface area contributed by atoms with Gasteiger partial charge in [-0.05, 0) is 61.2 Å². The molecular weight excluding hydrogens is 398 g/mol. The third-order valence-corrected chi connectivity index (χ3v) is 6.25. The van der Waals surface area contributed by atoms with Crippen molar-refractivity contribution in [1.82, 2.24) is 20.1 Å². The van der Waals surface area contributed by atoms with E-state index in [0.29, 0.717) is 18.2 Å². The molecule has 2 N–H and O–H groups in total. The maximum absolute atomic E-state index is 12.7. The number of anilines is 1. The molecule has 4 aromatic rings. The standard InChI is InChI=1S/C26H27N5O/c32-25(15-19-10-13-31(14-11-19)18-20-5-2-1-3-6-20)28-26-23-9-8-21(16-24(23)29-30-26)22-7-4-12-27-17-22/h1-9,12,16-17,19H,10-11,13-15,18H2,(H2,28,29,30,32). The zero-order valence-corrected chi connectivity index (χ0v) is 18.0. The summed E-state index contributed by atoms with van der Waals surface area (Å²) in [5.41, 5.74) is 4.36. The highest BCUT2D eigenvalue weighted by Crippen LogP contribution is 2.27. The third-order valence-electron chi connectivity index (χ3n) is 6.25. The number of rotatable bonds is 6. The lowest BCUT2D eigenvalue weighted by Gasteiger charge is -2.31. The summed E-state index contributed by atoms with van der Waals surface area (Å²) >= 11 is 0. The third kappa shape index (κ3) is 4.70. The quantitative estimate of drug-likeness (QED) is 0.462. The number of amides is 1. The number of benzene rings is 2. The van der Waals surface area contributed by atoms with E-state index < -0.39 is 0 Å². The van der Waals surface area contributed by atoms with Gasteiger partial charge in [-0.1, -0.05) is 42.5 Å². The predicted molar refractivity (Wildman–Crippen MR) is 127 cm³/mol. The Kier molecular flexibility index (Phi) is 5.94. The van der Waals surface area contributed by atoms with Crippen molar-refractivity contribution in [3.8, 4) is 11.1 Å². The second-order valence-electron chi connectivity index (χ2n) is 8.53. The van der Waals surface area contributed by atoms with Crippen LogP contribution in [0.25, 0.3) is 22.0 Å². The molecule has 0 aliphatic carbocycles. The van der Waals surface area contributed by atoms with Crippen molar-refractivity contribution in [3.63, 3.8) is 0 Å². The number of piperidine rings is 1. The number of hydrogen-bond donors (Lipinski definition) is 2. The molecule has 5 rings (SSSR count). The Morgan fingerprint density at radius 2 is 1.88 bits per heavy atom. The van der Waals surface area contributed by atoms with Crippen LogP contribution in [0.1, 0.15) is 24.8 Å². The van der Waals surface area contributed by atoms with Gasteiger partial charge in [0, 0.05) is 36.3 Å². The summed E-state index contributed by atoms with van der Waals surface area (Å²) in [6.07, 6.45) is 6.25. The van der Waals surface area contributed by atoms with Crippen molar-refractivity contribution >= 4 is 22.6 Å². The maximum atomic E-state index is 12.7. The lowest BCUT2D eigenvalue weighted by molar-refractivity contribution is -0.117. The fourth-order valence-electron chi connectivity index (χ4n) is 4.46. The van der Waals surface area contributed by atoms with Crippen LogP contribution in [-0.4, -0.2) is 39.1 Å². The van der Waals surface area contributed by atoms with Gasteiger partial charge in [0.15, 0.2) is 5.82 Å². The van der Waals surface area contributed by atoms with Gasteiger partial charge in [0.2, 0.25) is 5.91 Å². The summed E-state index contributed by atoms with van der Waals surface area (Å²) in [7, 11) is 0. The average Bonchev–Trinajstić information content (AvgIpc) is 3.23. The SMILES string of the molecule is O=C(CC1CCN(Cc2ccccc2)CC1)Nc1n[nH]c2cc(-c3cccnc3)ccc12. The molecule has 6 nitrogen and oxygen atoms in total. The van der Waals surface area contributed by atoms with Crippen molar-refractivity contribution in [2.24, 2.45) is 5.92 Å². The molecule has 1 aliphatic rings. The van der Waals surface area contributed by atoms with Gasteiger partial charge in [-0.15, -0.1) is 0 Å². The molecule has 0 saturated carbocycles. The number of nitrogens with one attached hydrogen (secondary N) is 2. The van der Waals surface area contributed by atoms with Crippen molar-refractivity contribution in [2.45, 2.75) is 25.8 Å². The van der Waals surface area contributed by atoms with Crippen LogP contribution in [-0.2, 0) is 11.3 Å². The molecule has 0 unspecified atom stereocenters. The molecule has 1 aliphatic heterocycles. The molecule has 0 bridgehead atoms. The highest BCUT2D eigenvalue weighted by atomic mass is 16.1. The van der Waals surface area contributed by atoms with Crippen LogP contribution in [0.3, 0.4) is 0 Å². The van der Waals surface area contributed by atoms with E-state index in [1.54, 1.807) is 6.20 Å². The van der Waals surface area contributed by atoms with E-state index in [1.807, 2.05) is 36.5 Å². The highest BCUT2D eigenvalue weighted by Gasteiger charge is 2.22. The van der Waals surface area contributed by atoms with Crippen LogP contribution in [0.5, 0.6) is 0 Å². The molecule has 0 spiro atoms. The number of likely N-dealkylation sites (tertiary alicyclic amines) is 1. The molecule has 2 aromatic heterocycles. The Morgan fingerprint density at radius 3 is 2.66 bits per heavy atom. The normalized spacial score (nSPS) is 15.1. The van der Waals surface area contributed by atoms with Crippen LogP contribution < -0.4 is 5.32 Å². The summed E-state index contributed by atoms with van der Waals surface area (Å²) in [5.74, 6) is 1.06. The molecule has 32 heavy (non-hydrogen) atoms.